The van der Waals surface area contributed by atoms with Crippen molar-refractivity contribution < 1.29 is 9.47 Å². The number of hydrogen-bond acceptors (Lipinski definition) is 6. The maximum absolute atomic E-state index is 5.27. The van der Waals surface area contributed by atoms with Crippen LogP contribution in [0.1, 0.15) is 13.8 Å². The van der Waals surface area contributed by atoms with E-state index in [1.54, 1.807) is 14.2 Å². The third-order valence-electron chi connectivity index (χ3n) is 6.02. The summed E-state index contributed by atoms with van der Waals surface area (Å²) in [5, 5.41) is 9.49. The normalized spacial score (nSPS) is 11.0. The molecular formula is C28H28N6O2. The van der Waals surface area contributed by atoms with E-state index in [-0.39, 0.29) is 0 Å². The molecule has 5 aromatic rings. The second kappa shape index (κ2) is 10.0. The monoisotopic (exact) mass is 480 g/mol. The van der Waals surface area contributed by atoms with Gasteiger partial charge in [0, 0.05) is 35.3 Å². The van der Waals surface area contributed by atoms with Crippen molar-refractivity contribution in [3.8, 4) is 57.1 Å². The van der Waals surface area contributed by atoms with E-state index < -0.39 is 0 Å². The fraction of sp³-hybridized carbons (Fsp3) is 0.214. The van der Waals surface area contributed by atoms with Gasteiger partial charge in [0.05, 0.1) is 14.2 Å². The van der Waals surface area contributed by atoms with Gasteiger partial charge < -0.3 is 9.47 Å². The Morgan fingerprint density at radius 1 is 0.583 bits per heavy atom. The van der Waals surface area contributed by atoms with Crippen molar-refractivity contribution >= 4 is 0 Å². The molecule has 36 heavy (non-hydrogen) atoms. The van der Waals surface area contributed by atoms with Gasteiger partial charge in [-0.05, 0) is 68.4 Å². The zero-order valence-corrected chi connectivity index (χ0v) is 20.8. The number of hydrogen-bond donors (Lipinski definition) is 0. The van der Waals surface area contributed by atoms with E-state index in [0.29, 0.717) is 24.7 Å². The van der Waals surface area contributed by atoms with Crippen LogP contribution in [0.4, 0.5) is 0 Å². The Hall–Kier alpha value is -4.46. The van der Waals surface area contributed by atoms with E-state index in [2.05, 4.69) is 32.0 Å². The van der Waals surface area contributed by atoms with Gasteiger partial charge >= 0.3 is 0 Å². The standard InChI is InChI=1S/C28H28N6O2/c1-5-33-27(29-25(31-33)19-10-14-23(35-3)15-11-19)21-8-7-9-22(18-21)28-30-26(32-34(28)6-2)20-12-16-24(36-4)17-13-20/h7-18H,5-6H2,1-4H3. The lowest BCUT2D eigenvalue weighted by molar-refractivity contribution is 0.414. The SMILES string of the molecule is CCn1nc(-c2ccc(OC)cc2)nc1-c1cccc(-c2nc(-c3ccc(OC)cc3)nn2CC)c1. The first-order valence-corrected chi connectivity index (χ1v) is 11.9. The number of nitrogens with zero attached hydrogens (tertiary/aromatic N) is 6. The van der Waals surface area contributed by atoms with E-state index in [1.165, 1.54) is 0 Å². The molecule has 2 heterocycles. The lowest BCUT2D eigenvalue weighted by Crippen LogP contribution is -2.01. The maximum Gasteiger partial charge on any atom is 0.181 e. The van der Waals surface area contributed by atoms with Crippen LogP contribution in [0.3, 0.4) is 0 Å². The molecule has 0 saturated heterocycles. The second-order valence-corrected chi connectivity index (χ2v) is 8.19. The van der Waals surface area contributed by atoms with E-state index >= 15 is 0 Å². The van der Waals surface area contributed by atoms with Crippen LogP contribution in [0.25, 0.3) is 45.6 Å². The average Bonchev–Trinajstić information content (AvgIpc) is 3.58. The smallest absolute Gasteiger partial charge is 0.181 e. The van der Waals surface area contributed by atoms with E-state index in [1.807, 2.05) is 64.0 Å². The van der Waals surface area contributed by atoms with E-state index in [4.69, 9.17) is 29.6 Å². The Labute approximate surface area is 210 Å². The van der Waals surface area contributed by atoms with Gasteiger partial charge in [-0.1, -0.05) is 18.2 Å². The van der Waals surface area contributed by atoms with Gasteiger partial charge in [-0.15, -0.1) is 0 Å². The fourth-order valence-electron chi connectivity index (χ4n) is 4.07. The number of methoxy groups -OCH3 is 2. The van der Waals surface area contributed by atoms with Crippen molar-refractivity contribution in [3.05, 3.63) is 72.8 Å². The number of aryl methyl sites for hydroxylation is 2. The molecular weight excluding hydrogens is 452 g/mol. The predicted molar refractivity (Wildman–Crippen MR) is 140 cm³/mol. The first-order chi connectivity index (χ1) is 17.6. The van der Waals surface area contributed by atoms with Gasteiger partial charge in [-0.2, -0.15) is 10.2 Å². The molecule has 0 aliphatic rings. The Kier molecular flexibility index (Phi) is 6.49. The molecule has 3 aromatic carbocycles. The summed E-state index contributed by atoms with van der Waals surface area (Å²) in [7, 11) is 3.31. The molecule has 0 aliphatic carbocycles. The molecule has 2 aromatic heterocycles. The molecule has 0 bridgehead atoms. The predicted octanol–water partition coefficient (Wildman–Crippen LogP) is 5.59. The molecule has 8 nitrogen and oxygen atoms in total. The van der Waals surface area contributed by atoms with Crippen LogP contribution < -0.4 is 9.47 Å². The largest absolute Gasteiger partial charge is 0.497 e. The number of aromatic nitrogens is 6. The lowest BCUT2D eigenvalue weighted by Gasteiger charge is -2.06. The molecule has 0 unspecified atom stereocenters. The number of rotatable bonds is 8. The van der Waals surface area contributed by atoms with Crippen LogP contribution in [0, 0.1) is 0 Å². The summed E-state index contributed by atoms with van der Waals surface area (Å²) >= 11 is 0. The zero-order valence-electron chi connectivity index (χ0n) is 20.8. The minimum atomic E-state index is 0.679. The summed E-state index contributed by atoms with van der Waals surface area (Å²) in [6.45, 7) is 5.54. The highest BCUT2D eigenvalue weighted by atomic mass is 16.5. The highest BCUT2D eigenvalue weighted by Crippen LogP contribution is 2.29. The Morgan fingerprint density at radius 2 is 1.00 bits per heavy atom. The Balaban J connectivity index is 1.52. The van der Waals surface area contributed by atoms with Crippen molar-refractivity contribution in [1.82, 2.24) is 29.5 Å². The van der Waals surface area contributed by atoms with Crippen LogP contribution in [0.5, 0.6) is 11.5 Å². The zero-order chi connectivity index (χ0) is 25.1. The second-order valence-electron chi connectivity index (χ2n) is 8.19. The van der Waals surface area contributed by atoms with Crippen LogP contribution in [-0.4, -0.2) is 43.7 Å². The molecule has 0 amide bonds. The van der Waals surface area contributed by atoms with Gasteiger partial charge in [0.2, 0.25) is 0 Å². The van der Waals surface area contributed by atoms with Crippen LogP contribution in [0.15, 0.2) is 72.8 Å². The van der Waals surface area contributed by atoms with Crippen molar-refractivity contribution in [1.29, 1.82) is 0 Å². The molecule has 0 radical (unpaired) electrons. The highest BCUT2D eigenvalue weighted by molar-refractivity contribution is 5.69. The molecule has 0 spiro atoms. The molecule has 0 atom stereocenters. The summed E-state index contributed by atoms with van der Waals surface area (Å²) in [6.07, 6.45) is 0. The summed E-state index contributed by atoms with van der Waals surface area (Å²) in [6, 6.07) is 23.8. The summed E-state index contributed by atoms with van der Waals surface area (Å²) in [5.74, 6) is 4.58. The van der Waals surface area contributed by atoms with Gasteiger partial charge in [0.25, 0.3) is 0 Å². The van der Waals surface area contributed by atoms with Crippen LogP contribution in [0.2, 0.25) is 0 Å². The van der Waals surface area contributed by atoms with E-state index in [0.717, 1.165) is 45.4 Å². The van der Waals surface area contributed by atoms with Gasteiger partial charge in [-0.25, -0.2) is 19.3 Å². The molecule has 0 aliphatic heterocycles. The molecule has 0 saturated carbocycles. The maximum atomic E-state index is 5.27. The lowest BCUT2D eigenvalue weighted by atomic mass is 10.1. The van der Waals surface area contributed by atoms with Crippen LogP contribution in [-0.2, 0) is 13.1 Å². The van der Waals surface area contributed by atoms with Gasteiger partial charge in [0.1, 0.15) is 11.5 Å². The van der Waals surface area contributed by atoms with Crippen LogP contribution >= 0.6 is 0 Å². The van der Waals surface area contributed by atoms with Crippen molar-refractivity contribution in [2.75, 3.05) is 14.2 Å². The first-order valence-electron chi connectivity index (χ1n) is 11.9. The summed E-state index contributed by atoms with van der Waals surface area (Å²) in [5.41, 5.74) is 3.82. The van der Waals surface area contributed by atoms with E-state index in [9.17, 15) is 0 Å². The van der Waals surface area contributed by atoms with Gasteiger partial charge in [-0.3, -0.25) is 0 Å². The number of benzene rings is 3. The summed E-state index contributed by atoms with van der Waals surface area (Å²) < 4.78 is 14.4. The van der Waals surface area contributed by atoms with Gasteiger partial charge in [0.15, 0.2) is 23.3 Å². The Bertz CT molecular complexity index is 1360. The van der Waals surface area contributed by atoms with Crippen molar-refractivity contribution in [2.45, 2.75) is 26.9 Å². The molecule has 5 rings (SSSR count). The highest BCUT2D eigenvalue weighted by Gasteiger charge is 2.17. The quantitative estimate of drug-likeness (QED) is 0.288. The van der Waals surface area contributed by atoms with Crippen molar-refractivity contribution in [3.63, 3.8) is 0 Å². The first kappa shape index (κ1) is 23.3. The molecule has 0 fully saturated rings. The minimum Gasteiger partial charge on any atom is -0.497 e. The molecule has 182 valence electrons. The molecule has 8 heteroatoms. The third-order valence-corrected chi connectivity index (χ3v) is 6.02. The minimum absolute atomic E-state index is 0.679. The topological polar surface area (TPSA) is 79.9 Å². The Morgan fingerprint density at radius 3 is 1.36 bits per heavy atom. The van der Waals surface area contributed by atoms with Crippen molar-refractivity contribution in [2.24, 2.45) is 0 Å². The summed E-state index contributed by atoms with van der Waals surface area (Å²) in [4.78, 5) is 9.76. The third kappa shape index (κ3) is 4.45. The average molecular weight is 481 g/mol. The molecule has 0 N–H and O–H groups in total. The number of ether oxygens (including phenoxy) is 2. The fourth-order valence-corrected chi connectivity index (χ4v) is 4.07.